The molecule has 0 saturated carbocycles. The summed E-state index contributed by atoms with van der Waals surface area (Å²) < 4.78 is 0. The zero-order chi connectivity index (χ0) is 19.8. The Hall–Kier alpha value is -2.35. The van der Waals surface area contributed by atoms with Crippen molar-refractivity contribution in [2.45, 2.75) is 26.3 Å². The number of guanidine groups is 1. The minimum atomic E-state index is -0.0615. The average molecular weight is 504 g/mol. The quantitative estimate of drug-likeness (QED) is 0.366. The fraction of sp³-hybridized carbons (Fsp3) is 0.304. The van der Waals surface area contributed by atoms with Crippen molar-refractivity contribution >= 4 is 47.6 Å². The molecule has 0 aliphatic carbocycles. The Bertz CT molecular complexity index is 854. The highest BCUT2D eigenvalue weighted by Crippen LogP contribution is 2.19. The van der Waals surface area contributed by atoms with Crippen LogP contribution in [0.1, 0.15) is 30.9 Å². The van der Waals surface area contributed by atoms with E-state index in [0.717, 1.165) is 43.1 Å². The molecule has 0 unspecified atom stereocenters. The van der Waals surface area contributed by atoms with Crippen LogP contribution in [0.15, 0.2) is 65.2 Å². The lowest BCUT2D eigenvalue weighted by atomic mass is 10.0. The maximum absolute atomic E-state index is 11.2. The van der Waals surface area contributed by atoms with E-state index in [1.165, 1.54) is 18.1 Å². The van der Waals surface area contributed by atoms with E-state index >= 15 is 0 Å². The van der Waals surface area contributed by atoms with Crippen molar-refractivity contribution in [2.24, 2.45) is 4.99 Å². The Labute approximate surface area is 190 Å². The Kier molecular flexibility index (Phi) is 9.18. The second kappa shape index (κ2) is 11.6. The first kappa shape index (κ1) is 22.9. The van der Waals surface area contributed by atoms with E-state index in [0.29, 0.717) is 6.54 Å². The number of aliphatic imine (C=N–C) groups is 1. The van der Waals surface area contributed by atoms with Gasteiger partial charge < -0.3 is 15.5 Å². The molecule has 1 saturated heterocycles. The molecule has 0 radical (unpaired) electrons. The summed E-state index contributed by atoms with van der Waals surface area (Å²) in [6.45, 7) is 4.11. The Morgan fingerprint density at radius 1 is 1.10 bits per heavy atom. The molecule has 0 spiro atoms. The molecule has 154 valence electrons. The molecule has 0 bridgehead atoms. The van der Waals surface area contributed by atoms with Crippen molar-refractivity contribution in [3.8, 4) is 0 Å². The first-order valence-corrected chi connectivity index (χ1v) is 9.70. The van der Waals surface area contributed by atoms with Crippen LogP contribution in [0.2, 0.25) is 0 Å². The number of carbonyl (C=O) groups is 1. The first-order valence-electron chi connectivity index (χ1n) is 9.70. The van der Waals surface area contributed by atoms with Gasteiger partial charge in [-0.15, -0.1) is 24.0 Å². The van der Waals surface area contributed by atoms with Gasteiger partial charge in [0.2, 0.25) is 5.91 Å². The number of nitrogens with zero attached hydrogens (tertiary/aromatic N) is 2. The molecule has 1 aliphatic rings. The number of amides is 1. The molecular weight excluding hydrogens is 475 g/mol. The van der Waals surface area contributed by atoms with Gasteiger partial charge in [0.05, 0.1) is 0 Å². The number of rotatable bonds is 4. The van der Waals surface area contributed by atoms with E-state index in [2.05, 4.69) is 50.9 Å². The maximum Gasteiger partial charge on any atom is 0.221 e. The number of nitrogens with one attached hydrogen (secondary N) is 2. The van der Waals surface area contributed by atoms with Crippen molar-refractivity contribution in [1.29, 1.82) is 0 Å². The molecule has 1 fully saturated rings. The number of anilines is 1. The van der Waals surface area contributed by atoms with E-state index in [-0.39, 0.29) is 29.9 Å². The zero-order valence-corrected chi connectivity index (χ0v) is 19.4. The van der Waals surface area contributed by atoms with Crippen LogP contribution in [0, 0.1) is 0 Å². The van der Waals surface area contributed by atoms with Crippen molar-refractivity contribution < 1.29 is 4.79 Å². The Morgan fingerprint density at radius 3 is 2.48 bits per heavy atom. The zero-order valence-electron chi connectivity index (χ0n) is 17.0. The van der Waals surface area contributed by atoms with Crippen LogP contribution in [0.4, 0.5) is 5.69 Å². The largest absolute Gasteiger partial charge is 0.352 e. The van der Waals surface area contributed by atoms with Crippen molar-refractivity contribution in [3.63, 3.8) is 0 Å². The lowest BCUT2D eigenvalue weighted by molar-refractivity contribution is -0.114. The number of hydrogen-bond acceptors (Lipinski definition) is 2. The van der Waals surface area contributed by atoms with E-state index in [4.69, 9.17) is 0 Å². The van der Waals surface area contributed by atoms with Gasteiger partial charge in [0.15, 0.2) is 5.96 Å². The van der Waals surface area contributed by atoms with Gasteiger partial charge in [-0.05, 0) is 36.1 Å². The molecule has 1 aliphatic heterocycles. The van der Waals surface area contributed by atoms with Gasteiger partial charge in [0, 0.05) is 39.3 Å². The van der Waals surface area contributed by atoms with E-state index in [9.17, 15) is 4.79 Å². The molecule has 1 heterocycles. The third-order valence-corrected chi connectivity index (χ3v) is 4.79. The summed E-state index contributed by atoms with van der Waals surface area (Å²) in [5, 5.41) is 6.27. The summed E-state index contributed by atoms with van der Waals surface area (Å²) >= 11 is 0. The smallest absolute Gasteiger partial charge is 0.221 e. The van der Waals surface area contributed by atoms with Gasteiger partial charge in [-0.1, -0.05) is 54.1 Å². The predicted molar refractivity (Wildman–Crippen MR) is 132 cm³/mol. The molecular formula is C23H29IN4O. The first-order chi connectivity index (χ1) is 13.6. The second-order valence-corrected chi connectivity index (χ2v) is 6.98. The molecule has 0 atom stereocenters. The monoisotopic (exact) mass is 504 g/mol. The van der Waals surface area contributed by atoms with Crippen LogP contribution in [0.3, 0.4) is 0 Å². The highest BCUT2D eigenvalue weighted by molar-refractivity contribution is 14.0. The fourth-order valence-electron chi connectivity index (χ4n) is 3.41. The molecule has 6 heteroatoms. The van der Waals surface area contributed by atoms with Crippen LogP contribution in [0.25, 0.3) is 6.08 Å². The molecule has 5 nitrogen and oxygen atoms in total. The van der Waals surface area contributed by atoms with Crippen molar-refractivity contribution in [3.05, 3.63) is 71.3 Å². The minimum Gasteiger partial charge on any atom is -0.352 e. The molecule has 2 aromatic carbocycles. The normalized spacial score (nSPS) is 14.1. The second-order valence-electron chi connectivity index (χ2n) is 6.98. The molecule has 29 heavy (non-hydrogen) atoms. The molecule has 0 aromatic heterocycles. The van der Waals surface area contributed by atoms with Gasteiger partial charge in [-0.3, -0.25) is 9.79 Å². The number of benzene rings is 2. The van der Waals surface area contributed by atoms with Gasteiger partial charge in [-0.25, -0.2) is 0 Å². The van der Waals surface area contributed by atoms with Crippen molar-refractivity contribution in [2.75, 3.05) is 25.5 Å². The summed E-state index contributed by atoms with van der Waals surface area (Å²) in [6, 6.07) is 18.4. The van der Waals surface area contributed by atoms with Gasteiger partial charge >= 0.3 is 0 Å². The van der Waals surface area contributed by atoms with Crippen LogP contribution in [0.5, 0.6) is 0 Å². The minimum absolute atomic E-state index is 0. The standard InChI is InChI=1S/C23H28N4O.HI/c1-18(28)26-22-10-6-9-21(16-22)17-25-23(24-2)27-13-11-20(12-14-27)15-19-7-4-3-5-8-19;/h3-10,15-16H,11-14,17H2,1-2H3,(H,24,25)(H,26,28);1H. The van der Waals surface area contributed by atoms with Crippen molar-refractivity contribution in [1.82, 2.24) is 10.2 Å². The highest BCUT2D eigenvalue weighted by atomic mass is 127. The summed E-state index contributed by atoms with van der Waals surface area (Å²) in [4.78, 5) is 18.0. The number of halogens is 1. The molecule has 3 rings (SSSR count). The summed E-state index contributed by atoms with van der Waals surface area (Å²) in [5.41, 5.74) is 4.68. The number of piperidine rings is 1. The highest BCUT2D eigenvalue weighted by Gasteiger charge is 2.17. The van der Waals surface area contributed by atoms with Gasteiger partial charge in [0.1, 0.15) is 0 Å². The fourth-order valence-corrected chi connectivity index (χ4v) is 3.41. The van der Waals surface area contributed by atoms with E-state index in [1.54, 1.807) is 0 Å². The Morgan fingerprint density at radius 2 is 1.83 bits per heavy atom. The average Bonchev–Trinajstić information content (AvgIpc) is 2.70. The molecule has 2 N–H and O–H groups in total. The van der Waals surface area contributed by atoms with E-state index in [1.807, 2.05) is 37.4 Å². The topological polar surface area (TPSA) is 56.7 Å². The number of likely N-dealkylation sites (tertiary alicyclic amines) is 1. The SMILES string of the molecule is CN=C(NCc1cccc(NC(C)=O)c1)N1CCC(=Cc2ccccc2)CC1.I. The molecule has 2 aromatic rings. The summed E-state index contributed by atoms with van der Waals surface area (Å²) in [5.74, 6) is 0.859. The van der Waals surface area contributed by atoms with E-state index < -0.39 is 0 Å². The predicted octanol–water partition coefficient (Wildman–Crippen LogP) is 4.52. The Balaban J connectivity index is 0.00000300. The third-order valence-electron chi connectivity index (χ3n) is 4.79. The maximum atomic E-state index is 11.2. The van der Waals surface area contributed by atoms with Crippen LogP contribution >= 0.6 is 24.0 Å². The molecule has 1 amide bonds. The lowest BCUT2D eigenvalue weighted by Gasteiger charge is -2.31. The van der Waals surface area contributed by atoms with Gasteiger partial charge in [-0.2, -0.15) is 0 Å². The van der Waals surface area contributed by atoms with Crippen LogP contribution in [-0.4, -0.2) is 36.9 Å². The van der Waals surface area contributed by atoms with Crippen LogP contribution in [-0.2, 0) is 11.3 Å². The third kappa shape index (κ3) is 7.20. The van der Waals surface area contributed by atoms with Crippen LogP contribution < -0.4 is 10.6 Å². The van der Waals surface area contributed by atoms with Gasteiger partial charge in [0.25, 0.3) is 0 Å². The summed E-state index contributed by atoms with van der Waals surface area (Å²) in [7, 11) is 1.82. The lowest BCUT2D eigenvalue weighted by Crippen LogP contribution is -2.44. The summed E-state index contributed by atoms with van der Waals surface area (Å²) in [6.07, 6.45) is 4.41. The number of carbonyl (C=O) groups excluding carboxylic acids is 1. The number of hydrogen-bond donors (Lipinski definition) is 2.